The number of nitrogens with one attached hydrogen (secondary N) is 2. The van der Waals surface area contributed by atoms with E-state index in [0.29, 0.717) is 11.0 Å². The summed E-state index contributed by atoms with van der Waals surface area (Å²) in [5.74, 6) is 0.453. The van der Waals surface area contributed by atoms with Crippen LogP contribution in [0.25, 0.3) is 0 Å². The number of aryl methyl sites for hydroxylation is 1. The van der Waals surface area contributed by atoms with Gasteiger partial charge >= 0.3 is 0 Å². The molecule has 1 rings (SSSR count). The van der Waals surface area contributed by atoms with Gasteiger partial charge in [-0.05, 0) is 64.8 Å². The molecule has 3 nitrogen and oxygen atoms in total. The molecule has 0 radical (unpaired) electrons. The van der Waals surface area contributed by atoms with E-state index in [2.05, 4.69) is 54.8 Å². The molecule has 5 heteroatoms. The van der Waals surface area contributed by atoms with Crippen molar-refractivity contribution in [1.82, 2.24) is 5.43 Å². The highest BCUT2D eigenvalue weighted by atomic mass is 127. The number of hydrazone groups is 1. The van der Waals surface area contributed by atoms with Gasteiger partial charge in [-0.15, -0.1) is 0 Å². The van der Waals surface area contributed by atoms with Crippen LogP contribution in [0.5, 0.6) is 0 Å². The third kappa shape index (κ3) is 4.59. The molecular formula is C12H16IN3S. The quantitative estimate of drug-likeness (QED) is 0.372. The SMILES string of the molecule is Cc1ccc(C(C)C)c(NC(=S)N/N=C/I)c1. The fourth-order valence-electron chi connectivity index (χ4n) is 1.52. The standard InChI is InChI=1S/C12H16IN3S/c1-8(2)10-5-4-9(3)6-11(10)15-12(17)16-14-7-13/h4-8H,1-3H3,(H2,15,16,17)/b14-7+. The minimum absolute atomic E-state index is 0.453. The van der Waals surface area contributed by atoms with Crippen LogP contribution in [0.15, 0.2) is 23.3 Å². The van der Waals surface area contributed by atoms with Gasteiger partial charge in [-0.3, -0.25) is 5.43 Å². The molecule has 0 amide bonds. The van der Waals surface area contributed by atoms with E-state index in [0.717, 1.165) is 5.69 Å². The summed E-state index contributed by atoms with van der Waals surface area (Å²) in [6, 6.07) is 6.34. The van der Waals surface area contributed by atoms with Gasteiger partial charge < -0.3 is 5.32 Å². The molecule has 0 aliphatic carbocycles. The fraction of sp³-hybridized carbons (Fsp3) is 0.333. The zero-order chi connectivity index (χ0) is 12.8. The summed E-state index contributed by atoms with van der Waals surface area (Å²) in [5.41, 5.74) is 6.25. The lowest BCUT2D eigenvalue weighted by atomic mass is 9.99. The smallest absolute Gasteiger partial charge is 0.191 e. The first-order valence-electron chi connectivity index (χ1n) is 5.34. The lowest BCUT2D eigenvalue weighted by molar-refractivity contribution is 0.868. The Labute approximate surface area is 121 Å². The predicted molar refractivity (Wildman–Crippen MR) is 87.1 cm³/mol. The van der Waals surface area contributed by atoms with Crippen molar-refractivity contribution in [2.75, 3.05) is 5.32 Å². The molecule has 92 valence electrons. The largest absolute Gasteiger partial charge is 0.331 e. The van der Waals surface area contributed by atoms with Gasteiger partial charge in [0.2, 0.25) is 0 Å². The average Bonchev–Trinajstić information content (AvgIpc) is 2.26. The monoisotopic (exact) mass is 361 g/mol. The molecule has 0 bridgehead atoms. The van der Waals surface area contributed by atoms with Crippen LogP contribution in [0, 0.1) is 6.92 Å². The van der Waals surface area contributed by atoms with Crippen molar-refractivity contribution >= 4 is 49.8 Å². The normalized spacial score (nSPS) is 10.9. The van der Waals surface area contributed by atoms with E-state index in [9.17, 15) is 0 Å². The zero-order valence-electron chi connectivity index (χ0n) is 10.1. The lowest BCUT2D eigenvalue weighted by Crippen LogP contribution is -2.24. The van der Waals surface area contributed by atoms with E-state index < -0.39 is 0 Å². The molecule has 17 heavy (non-hydrogen) atoms. The second-order valence-electron chi connectivity index (χ2n) is 4.04. The van der Waals surface area contributed by atoms with Gasteiger partial charge in [-0.2, -0.15) is 5.10 Å². The number of halogens is 1. The number of rotatable bonds is 3. The van der Waals surface area contributed by atoms with Crippen molar-refractivity contribution in [3.8, 4) is 0 Å². The van der Waals surface area contributed by atoms with Crippen LogP contribution in [-0.4, -0.2) is 9.33 Å². The maximum atomic E-state index is 5.15. The van der Waals surface area contributed by atoms with Gasteiger partial charge in [-0.1, -0.05) is 26.0 Å². The molecule has 0 aromatic heterocycles. The lowest BCUT2D eigenvalue weighted by Gasteiger charge is -2.15. The molecule has 0 heterocycles. The summed E-state index contributed by atoms with van der Waals surface area (Å²) in [4.78, 5) is 0. The van der Waals surface area contributed by atoms with Crippen LogP contribution >= 0.6 is 34.8 Å². The Kier molecular flexibility index (Phi) is 5.84. The van der Waals surface area contributed by atoms with E-state index in [1.807, 2.05) is 22.6 Å². The molecule has 0 saturated carbocycles. The third-order valence-electron chi connectivity index (χ3n) is 2.29. The topological polar surface area (TPSA) is 36.4 Å². The highest BCUT2D eigenvalue weighted by Crippen LogP contribution is 2.25. The van der Waals surface area contributed by atoms with Crippen LogP contribution in [-0.2, 0) is 0 Å². The van der Waals surface area contributed by atoms with Crippen molar-refractivity contribution in [2.24, 2.45) is 5.10 Å². The number of hydrogen-bond donors (Lipinski definition) is 2. The van der Waals surface area contributed by atoms with Crippen molar-refractivity contribution in [3.63, 3.8) is 0 Å². The summed E-state index contributed by atoms with van der Waals surface area (Å²) >= 11 is 7.18. The highest BCUT2D eigenvalue weighted by molar-refractivity contribution is 14.1. The molecule has 0 aliphatic rings. The van der Waals surface area contributed by atoms with Gasteiger partial charge in [0.05, 0.1) is 4.22 Å². The van der Waals surface area contributed by atoms with Gasteiger partial charge in [0, 0.05) is 5.69 Å². The zero-order valence-corrected chi connectivity index (χ0v) is 13.1. The second kappa shape index (κ2) is 6.90. The molecular weight excluding hydrogens is 345 g/mol. The Balaban J connectivity index is 2.88. The van der Waals surface area contributed by atoms with Gasteiger partial charge in [0.25, 0.3) is 0 Å². The van der Waals surface area contributed by atoms with Crippen molar-refractivity contribution in [3.05, 3.63) is 29.3 Å². The van der Waals surface area contributed by atoms with Crippen LogP contribution < -0.4 is 10.7 Å². The Morgan fingerprint density at radius 3 is 2.76 bits per heavy atom. The maximum Gasteiger partial charge on any atom is 0.191 e. The van der Waals surface area contributed by atoms with Crippen LogP contribution in [0.4, 0.5) is 5.69 Å². The van der Waals surface area contributed by atoms with Crippen LogP contribution in [0.1, 0.15) is 30.9 Å². The van der Waals surface area contributed by atoms with Gasteiger partial charge in [0.15, 0.2) is 5.11 Å². The van der Waals surface area contributed by atoms with E-state index >= 15 is 0 Å². The molecule has 2 N–H and O–H groups in total. The molecule has 0 aliphatic heterocycles. The first kappa shape index (κ1) is 14.4. The van der Waals surface area contributed by atoms with E-state index in [-0.39, 0.29) is 0 Å². The Morgan fingerprint density at radius 1 is 1.47 bits per heavy atom. The van der Waals surface area contributed by atoms with Crippen LogP contribution in [0.2, 0.25) is 0 Å². The summed E-state index contributed by atoms with van der Waals surface area (Å²) in [5, 5.41) is 7.55. The second-order valence-corrected chi connectivity index (χ2v) is 5.00. The number of hydrogen-bond acceptors (Lipinski definition) is 2. The molecule has 0 fully saturated rings. The molecule has 1 aromatic carbocycles. The number of thiocarbonyl (C=S) groups is 1. The Bertz CT molecular complexity index is 430. The third-order valence-corrected chi connectivity index (χ3v) is 2.77. The minimum atomic E-state index is 0.453. The number of nitrogens with zero attached hydrogens (tertiary/aromatic N) is 1. The first-order valence-corrected chi connectivity index (χ1v) is 6.99. The molecule has 1 aromatic rings. The summed E-state index contributed by atoms with van der Waals surface area (Å²) < 4.78 is 1.63. The number of benzene rings is 1. The summed E-state index contributed by atoms with van der Waals surface area (Å²) in [7, 11) is 0. The average molecular weight is 361 g/mol. The molecule has 0 spiro atoms. The predicted octanol–water partition coefficient (Wildman–Crippen LogP) is 3.78. The van der Waals surface area contributed by atoms with Crippen molar-refractivity contribution in [2.45, 2.75) is 26.7 Å². The maximum absolute atomic E-state index is 5.15. The molecule has 0 saturated heterocycles. The van der Waals surface area contributed by atoms with E-state index in [4.69, 9.17) is 12.2 Å². The number of anilines is 1. The fourth-order valence-corrected chi connectivity index (χ4v) is 1.82. The van der Waals surface area contributed by atoms with Gasteiger partial charge in [0.1, 0.15) is 0 Å². The summed E-state index contributed by atoms with van der Waals surface area (Å²) in [6.07, 6.45) is 0. The van der Waals surface area contributed by atoms with Crippen molar-refractivity contribution < 1.29 is 0 Å². The summed E-state index contributed by atoms with van der Waals surface area (Å²) in [6.45, 7) is 6.39. The van der Waals surface area contributed by atoms with Gasteiger partial charge in [-0.25, -0.2) is 0 Å². The molecule has 0 atom stereocenters. The minimum Gasteiger partial charge on any atom is -0.331 e. The Morgan fingerprint density at radius 2 is 2.18 bits per heavy atom. The van der Waals surface area contributed by atoms with Crippen molar-refractivity contribution in [1.29, 1.82) is 0 Å². The van der Waals surface area contributed by atoms with Crippen LogP contribution in [0.3, 0.4) is 0 Å². The Hall–Kier alpha value is -0.690. The first-order chi connectivity index (χ1) is 8.04. The molecule has 0 unspecified atom stereocenters. The van der Waals surface area contributed by atoms with E-state index in [1.54, 1.807) is 4.22 Å². The van der Waals surface area contributed by atoms with E-state index in [1.165, 1.54) is 11.1 Å². The highest BCUT2D eigenvalue weighted by Gasteiger charge is 2.07.